The van der Waals surface area contributed by atoms with Crippen molar-refractivity contribution in [3.8, 4) is 0 Å². The molecule has 1 rings (SSSR count). The first-order chi connectivity index (χ1) is 7.92. The molecule has 1 aromatic heterocycles. The number of hydrogen-bond donors (Lipinski definition) is 1. The Labute approximate surface area is 102 Å². The van der Waals surface area contributed by atoms with E-state index in [0.717, 1.165) is 9.88 Å². The average molecular weight is 268 g/mol. The van der Waals surface area contributed by atoms with Crippen molar-refractivity contribution in [2.75, 3.05) is 20.3 Å². The maximum Gasteiger partial charge on any atom is 0.411 e. The van der Waals surface area contributed by atoms with Crippen molar-refractivity contribution in [2.24, 2.45) is 0 Å². The van der Waals surface area contributed by atoms with Crippen LogP contribution in [0.2, 0.25) is 0 Å². The largest absolute Gasteiger partial charge is 0.411 e. The lowest BCUT2D eigenvalue weighted by Crippen LogP contribution is -2.17. The van der Waals surface area contributed by atoms with Gasteiger partial charge in [0.25, 0.3) is 0 Å². The van der Waals surface area contributed by atoms with E-state index in [4.69, 9.17) is 0 Å². The van der Waals surface area contributed by atoms with Crippen LogP contribution < -0.4 is 5.32 Å². The fourth-order valence-corrected chi connectivity index (χ4v) is 2.09. The van der Waals surface area contributed by atoms with Crippen LogP contribution >= 0.6 is 11.3 Å². The van der Waals surface area contributed by atoms with Gasteiger partial charge in [0.15, 0.2) is 0 Å². The summed E-state index contributed by atoms with van der Waals surface area (Å²) in [5.41, 5.74) is 0. The first-order valence-corrected chi connectivity index (χ1v) is 6.00. The molecular weight excluding hydrogens is 253 g/mol. The van der Waals surface area contributed by atoms with Gasteiger partial charge in [0.05, 0.1) is 11.6 Å². The molecule has 98 valence electrons. The molecule has 1 heterocycles. The van der Waals surface area contributed by atoms with E-state index in [-0.39, 0.29) is 12.6 Å². The van der Waals surface area contributed by atoms with Crippen molar-refractivity contribution >= 4 is 11.3 Å². The van der Waals surface area contributed by atoms with Gasteiger partial charge in [-0.2, -0.15) is 13.2 Å². The third kappa shape index (κ3) is 5.47. The molecule has 1 N–H and O–H groups in total. The normalized spacial score (nSPS) is 13.9. The number of alkyl halides is 3. The van der Waals surface area contributed by atoms with E-state index < -0.39 is 12.8 Å². The zero-order valence-electron chi connectivity index (χ0n) is 9.67. The minimum absolute atomic E-state index is 0.0421. The minimum atomic E-state index is -4.26. The predicted octanol–water partition coefficient (Wildman–Crippen LogP) is 2.54. The molecule has 0 fully saturated rings. The van der Waals surface area contributed by atoms with E-state index >= 15 is 0 Å². The first-order valence-electron chi connectivity index (χ1n) is 5.18. The highest BCUT2D eigenvalue weighted by atomic mass is 32.1. The number of ether oxygens (including phenoxy) is 1. The lowest BCUT2D eigenvalue weighted by Gasteiger charge is -2.06. The molecule has 0 amide bonds. The number of halogens is 3. The number of nitrogens with one attached hydrogen (secondary N) is 1. The molecular formula is C10H15F3N2OS. The van der Waals surface area contributed by atoms with Gasteiger partial charge in [-0.1, -0.05) is 0 Å². The molecule has 17 heavy (non-hydrogen) atoms. The van der Waals surface area contributed by atoms with E-state index in [0.29, 0.717) is 6.42 Å². The first kappa shape index (κ1) is 14.4. The Balaban J connectivity index is 2.30. The smallest absolute Gasteiger partial charge is 0.372 e. The topological polar surface area (TPSA) is 34.2 Å². The van der Waals surface area contributed by atoms with Gasteiger partial charge in [0.1, 0.15) is 6.61 Å². The quantitative estimate of drug-likeness (QED) is 0.805. The van der Waals surface area contributed by atoms with Crippen LogP contribution in [0.4, 0.5) is 13.2 Å². The van der Waals surface area contributed by atoms with Gasteiger partial charge in [-0.25, -0.2) is 4.98 Å². The molecule has 3 nitrogen and oxygen atoms in total. The van der Waals surface area contributed by atoms with Crippen molar-refractivity contribution in [1.29, 1.82) is 0 Å². The molecule has 0 aromatic carbocycles. The average Bonchev–Trinajstić information content (AvgIpc) is 2.70. The summed E-state index contributed by atoms with van der Waals surface area (Å²) in [4.78, 5) is 5.20. The maximum absolute atomic E-state index is 11.8. The number of nitrogens with zero attached hydrogens (tertiary/aromatic N) is 1. The summed E-state index contributed by atoms with van der Waals surface area (Å²) in [6, 6.07) is 0.206. The van der Waals surface area contributed by atoms with Crippen molar-refractivity contribution in [3.63, 3.8) is 0 Å². The van der Waals surface area contributed by atoms with E-state index in [1.165, 1.54) is 11.3 Å². The summed E-state index contributed by atoms with van der Waals surface area (Å²) in [6.45, 7) is 0.843. The maximum atomic E-state index is 11.8. The molecule has 0 aliphatic rings. The van der Waals surface area contributed by atoms with Crippen LogP contribution in [0.1, 0.15) is 22.9 Å². The van der Waals surface area contributed by atoms with Gasteiger partial charge in [0, 0.05) is 23.5 Å². The highest BCUT2D eigenvalue weighted by Gasteiger charge is 2.27. The van der Waals surface area contributed by atoms with Gasteiger partial charge >= 0.3 is 6.18 Å². The fraction of sp³-hybridized carbons (Fsp3) is 0.700. The SMILES string of the molecule is CNC(C)c1cnc(CCOCC(F)(F)F)s1. The Morgan fingerprint density at radius 2 is 2.24 bits per heavy atom. The number of rotatable bonds is 6. The summed E-state index contributed by atoms with van der Waals surface area (Å²) >= 11 is 1.49. The van der Waals surface area contributed by atoms with Crippen LogP contribution in [-0.2, 0) is 11.2 Å². The van der Waals surface area contributed by atoms with Crippen molar-refractivity contribution in [1.82, 2.24) is 10.3 Å². The van der Waals surface area contributed by atoms with Crippen LogP contribution in [0, 0.1) is 0 Å². The van der Waals surface area contributed by atoms with Gasteiger partial charge in [-0.05, 0) is 14.0 Å². The molecule has 0 saturated carbocycles. The van der Waals surface area contributed by atoms with Crippen molar-refractivity contribution in [2.45, 2.75) is 25.6 Å². The monoisotopic (exact) mass is 268 g/mol. The second kappa shape index (κ2) is 6.32. The van der Waals surface area contributed by atoms with Gasteiger partial charge in [0.2, 0.25) is 0 Å². The predicted molar refractivity (Wildman–Crippen MR) is 60.2 cm³/mol. The zero-order chi connectivity index (χ0) is 12.9. The highest BCUT2D eigenvalue weighted by molar-refractivity contribution is 7.11. The summed E-state index contributed by atoms with van der Waals surface area (Å²) in [6.07, 6.45) is -2.10. The Morgan fingerprint density at radius 3 is 2.82 bits per heavy atom. The van der Waals surface area contributed by atoms with Gasteiger partial charge < -0.3 is 10.1 Å². The molecule has 1 aromatic rings. The third-order valence-corrected chi connectivity index (χ3v) is 3.40. The van der Waals surface area contributed by atoms with Crippen LogP contribution in [0.15, 0.2) is 6.20 Å². The number of hydrogen-bond acceptors (Lipinski definition) is 4. The molecule has 0 saturated heterocycles. The fourth-order valence-electron chi connectivity index (χ4n) is 1.13. The lowest BCUT2D eigenvalue weighted by atomic mass is 10.3. The molecule has 7 heteroatoms. The third-order valence-electron chi connectivity index (χ3n) is 2.16. The van der Waals surface area contributed by atoms with Crippen molar-refractivity contribution in [3.05, 3.63) is 16.1 Å². The second-order valence-corrected chi connectivity index (χ2v) is 4.73. The Bertz CT molecular complexity index is 341. The van der Waals surface area contributed by atoms with Crippen LogP contribution in [-0.4, -0.2) is 31.4 Å². The standard InChI is InChI=1S/C10H15F3N2OS/c1-7(14-2)8-5-15-9(17-8)3-4-16-6-10(11,12)13/h5,7,14H,3-4,6H2,1-2H3. The van der Waals surface area contributed by atoms with Crippen molar-refractivity contribution < 1.29 is 17.9 Å². The second-order valence-electron chi connectivity index (χ2n) is 3.58. The van der Waals surface area contributed by atoms with Crippen LogP contribution in [0.25, 0.3) is 0 Å². The van der Waals surface area contributed by atoms with Gasteiger partial charge in [-0.3, -0.25) is 0 Å². The zero-order valence-corrected chi connectivity index (χ0v) is 10.5. The lowest BCUT2D eigenvalue weighted by molar-refractivity contribution is -0.173. The van der Waals surface area contributed by atoms with E-state index in [1.807, 2.05) is 14.0 Å². The highest BCUT2D eigenvalue weighted by Crippen LogP contribution is 2.21. The number of aromatic nitrogens is 1. The number of thiazole rings is 1. The van der Waals surface area contributed by atoms with E-state index in [1.54, 1.807) is 6.20 Å². The Kier molecular flexibility index (Phi) is 5.35. The summed E-state index contributed by atoms with van der Waals surface area (Å²) in [5.74, 6) is 0. The molecule has 0 radical (unpaired) electrons. The summed E-state index contributed by atoms with van der Waals surface area (Å²) in [5, 5.41) is 3.87. The van der Waals surface area contributed by atoms with E-state index in [2.05, 4.69) is 15.0 Å². The van der Waals surface area contributed by atoms with Gasteiger partial charge in [-0.15, -0.1) is 11.3 Å². The molecule has 0 bridgehead atoms. The Morgan fingerprint density at radius 1 is 1.53 bits per heavy atom. The molecule has 0 aliphatic carbocycles. The molecule has 0 aliphatic heterocycles. The summed E-state index contributed by atoms with van der Waals surface area (Å²) in [7, 11) is 1.84. The molecule has 0 spiro atoms. The Hall–Kier alpha value is -0.660. The van der Waals surface area contributed by atoms with Crippen LogP contribution in [0.5, 0.6) is 0 Å². The molecule has 1 atom stereocenters. The minimum Gasteiger partial charge on any atom is -0.372 e. The van der Waals surface area contributed by atoms with E-state index in [9.17, 15) is 13.2 Å². The van der Waals surface area contributed by atoms with Crippen LogP contribution in [0.3, 0.4) is 0 Å². The summed E-state index contributed by atoms with van der Waals surface area (Å²) < 4.78 is 39.9. The molecule has 1 unspecified atom stereocenters.